The first-order valence-corrected chi connectivity index (χ1v) is 16.5. The molecule has 0 fully saturated rings. The number of aliphatic hydroxyl groups excluding tert-OH is 3. The molecule has 19 heteroatoms. The Morgan fingerprint density at radius 1 is 0.456 bits per heavy atom. The first-order chi connectivity index (χ1) is 25.3. The van der Waals surface area contributed by atoms with Gasteiger partial charge in [0.25, 0.3) is 0 Å². The third-order valence-electron chi connectivity index (χ3n) is 4.98. The molecule has 0 aliphatic carbocycles. The fourth-order valence-electron chi connectivity index (χ4n) is 1.98. The third-order valence-corrected chi connectivity index (χ3v) is 4.98. The van der Waals surface area contributed by atoms with E-state index in [4.69, 9.17) is 67.7 Å². The van der Waals surface area contributed by atoms with Gasteiger partial charge in [-0.15, -0.1) is 0 Å². The molecule has 16 nitrogen and oxygen atoms in total. The van der Waals surface area contributed by atoms with Crippen LogP contribution in [0.5, 0.6) is 0 Å². The Hall–Kier alpha value is -0.0251. The Labute approximate surface area is 396 Å². The summed E-state index contributed by atoms with van der Waals surface area (Å²) in [5, 5.41) is 21.6. The van der Waals surface area contributed by atoms with Crippen LogP contribution in [-0.2, 0) is 125 Å². The molecule has 6 atom stereocenters. The van der Waals surface area contributed by atoms with Crippen LogP contribution in [0, 0.1) is 0 Å². The van der Waals surface area contributed by atoms with Crippen LogP contribution < -0.4 is 0 Å². The van der Waals surface area contributed by atoms with Crippen molar-refractivity contribution in [2.45, 2.75) is 133 Å². The molecule has 0 aromatic rings. The molecule has 0 spiro atoms. The van der Waals surface area contributed by atoms with Crippen molar-refractivity contribution in [3.05, 3.63) is 0 Å². The van der Waals surface area contributed by atoms with Crippen molar-refractivity contribution >= 4 is 33.4 Å². The molecule has 0 radical (unpaired) electrons. The molecule has 0 rings (SSSR count). The van der Waals surface area contributed by atoms with Crippen molar-refractivity contribution in [1.29, 1.82) is 0 Å². The number of methoxy groups -OCH3 is 8. The van der Waals surface area contributed by atoms with E-state index in [2.05, 4.69) is 9.47 Å². The SMILES string of the molecule is C.C=O.C=O.C=O.C=O.CC=O.CCO.CCOC.CCOC.CO.CO.COC(C)CC(C)OC.COC(C)CC(C)OC.COC(C)CC(C)OC.[HH].[Mo].[Mo].[Mo]. The van der Waals surface area contributed by atoms with E-state index in [0.717, 1.165) is 53.0 Å². The van der Waals surface area contributed by atoms with Crippen LogP contribution in [0.25, 0.3) is 0 Å². The minimum Gasteiger partial charge on any atom is -0.400 e. The van der Waals surface area contributed by atoms with Crippen LogP contribution in [0.1, 0.15) is 97.4 Å². The Morgan fingerprint density at radius 2 is 0.526 bits per heavy atom. The van der Waals surface area contributed by atoms with Gasteiger partial charge in [0.2, 0.25) is 0 Å². The van der Waals surface area contributed by atoms with Crippen molar-refractivity contribution < 1.29 is 142 Å². The van der Waals surface area contributed by atoms with Gasteiger partial charge in [0.05, 0.1) is 36.6 Å². The van der Waals surface area contributed by atoms with E-state index in [1.165, 1.54) is 6.92 Å². The summed E-state index contributed by atoms with van der Waals surface area (Å²) in [5.41, 5.74) is 0. The Bertz CT molecular complexity index is 399. The zero-order chi connectivity index (χ0) is 46.1. The van der Waals surface area contributed by atoms with Gasteiger partial charge in [-0.05, 0) is 88.5 Å². The van der Waals surface area contributed by atoms with E-state index in [1.807, 2.05) is 82.5 Å². The minimum absolute atomic E-state index is 0. The van der Waals surface area contributed by atoms with E-state index in [-0.39, 0.29) is 78.7 Å². The number of aldehydes is 1. The second-order valence-corrected chi connectivity index (χ2v) is 8.69. The number of hydrogen-bond donors (Lipinski definition) is 3. The maximum absolute atomic E-state index is 8.81. The molecule has 362 valence electrons. The summed E-state index contributed by atoms with van der Waals surface area (Å²) in [6, 6.07) is 0. The van der Waals surface area contributed by atoms with Gasteiger partial charge >= 0.3 is 0 Å². The monoisotopic (exact) mass is 1100 g/mol. The van der Waals surface area contributed by atoms with E-state index in [1.54, 1.807) is 63.8 Å². The first kappa shape index (κ1) is 112. The summed E-state index contributed by atoms with van der Waals surface area (Å²) >= 11 is 0. The fourth-order valence-corrected chi connectivity index (χ4v) is 1.98. The average molecular weight is 1100 g/mol. The van der Waals surface area contributed by atoms with Gasteiger partial charge in [-0.1, -0.05) is 7.43 Å². The minimum atomic E-state index is 0. The number of hydrogen-bond acceptors (Lipinski definition) is 16. The van der Waals surface area contributed by atoms with Gasteiger partial charge in [-0.3, -0.25) is 0 Å². The summed E-state index contributed by atoms with van der Waals surface area (Å²) in [6.45, 7) is 29.2. The van der Waals surface area contributed by atoms with Crippen LogP contribution in [0.4, 0.5) is 0 Å². The zero-order valence-electron chi connectivity index (χ0n) is 39.0. The number of rotatable bonds is 14. The van der Waals surface area contributed by atoms with Crippen LogP contribution in [0.2, 0.25) is 0 Å². The Balaban J connectivity index is -0.0000000195. The molecule has 6 unspecified atom stereocenters. The van der Waals surface area contributed by atoms with E-state index in [9.17, 15) is 0 Å². The van der Waals surface area contributed by atoms with Crippen molar-refractivity contribution in [3.63, 3.8) is 0 Å². The van der Waals surface area contributed by atoms with E-state index < -0.39 is 0 Å². The smallest absolute Gasteiger partial charge is 0.116 e. The number of ether oxygens (including phenoxy) is 8. The number of aliphatic hydroxyl groups is 3. The largest absolute Gasteiger partial charge is 0.400 e. The first-order valence-electron chi connectivity index (χ1n) is 16.5. The van der Waals surface area contributed by atoms with Crippen molar-refractivity contribution in [3.8, 4) is 0 Å². The molecule has 0 saturated heterocycles. The predicted molar refractivity (Wildman–Crippen MR) is 226 cm³/mol. The molecular weight excluding hydrogens is 1000 g/mol. The van der Waals surface area contributed by atoms with E-state index in [0.29, 0.717) is 36.6 Å². The Morgan fingerprint density at radius 3 is 0.561 bits per heavy atom. The number of carbonyl (C=O) groups excluding carboxylic acids is 5. The van der Waals surface area contributed by atoms with Crippen LogP contribution >= 0.6 is 0 Å². The molecule has 0 aliphatic heterocycles. The van der Waals surface area contributed by atoms with Gasteiger partial charge in [-0.25, -0.2) is 0 Å². The fraction of sp³-hybridized carbons (Fsp3) is 0.868. The molecule has 0 aromatic carbocycles. The van der Waals surface area contributed by atoms with Crippen LogP contribution in [0.15, 0.2) is 0 Å². The molecule has 0 amide bonds. The molecule has 0 aromatic heterocycles. The van der Waals surface area contributed by atoms with Crippen molar-refractivity contribution in [1.82, 2.24) is 0 Å². The van der Waals surface area contributed by atoms with E-state index >= 15 is 0 Å². The molecule has 0 heterocycles. The predicted octanol–water partition coefficient (Wildman–Crippen LogP) is 5.20. The van der Waals surface area contributed by atoms with Crippen molar-refractivity contribution in [2.75, 3.05) is 90.9 Å². The topological polar surface area (TPSA) is 220 Å². The summed E-state index contributed by atoms with van der Waals surface area (Å²) in [7, 11) is 15.7. The standard InChI is InChI=1S/3C7H16O2.2C3H8O.C2H6O.C2H4O.2CH4O.4CH2O.CH4.3Mo.H2/c3*1-6(8-3)5-7(2)9-4;2*1-3-4-2;2*1-2-3;6*1-2;;;;;/h3*6-7H,5H2,1-4H3;2*3H2,1-2H3;3H,2H2,1H3;2H,1H3;2*2H,1H3;4*1H2;1H4;;;;1H. The van der Waals surface area contributed by atoms with Gasteiger partial charge < -0.3 is 77.2 Å². The van der Waals surface area contributed by atoms with Crippen LogP contribution in [0.3, 0.4) is 0 Å². The van der Waals surface area contributed by atoms with Gasteiger partial charge in [0, 0.05) is 156 Å². The third kappa shape index (κ3) is 242. The van der Waals surface area contributed by atoms with Crippen molar-refractivity contribution in [2.24, 2.45) is 0 Å². The maximum Gasteiger partial charge on any atom is 0.116 e. The van der Waals surface area contributed by atoms with Gasteiger partial charge in [0.15, 0.2) is 0 Å². The maximum atomic E-state index is 8.81. The quantitative estimate of drug-likeness (QED) is 0.150. The Kier molecular flexibility index (Phi) is 305. The van der Waals surface area contributed by atoms with Gasteiger partial charge in [-0.2, -0.15) is 0 Å². The van der Waals surface area contributed by atoms with Crippen LogP contribution in [-0.4, -0.2) is 176 Å². The summed E-state index contributed by atoms with van der Waals surface area (Å²) in [4.78, 5) is 40.8. The zero-order valence-corrected chi connectivity index (χ0v) is 45.0. The molecular formula is C38H96Mo3O16. The normalized spacial score (nSPS) is 10.3. The van der Waals surface area contributed by atoms with Gasteiger partial charge in [0.1, 0.15) is 33.4 Å². The molecule has 57 heavy (non-hydrogen) atoms. The molecule has 0 aliphatic rings. The second kappa shape index (κ2) is 156. The summed E-state index contributed by atoms with van der Waals surface area (Å²) < 4.78 is 39.3. The average Bonchev–Trinajstić information content (AvgIpc) is 3.23. The summed E-state index contributed by atoms with van der Waals surface area (Å²) in [6.07, 6.45) is 5.48. The summed E-state index contributed by atoms with van der Waals surface area (Å²) in [5.74, 6) is 0. The molecule has 0 saturated carbocycles. The molecule has 0 bridgehead atoms. The number of carbonyl (C=O) groups is 5. The second-order valence-electron chi connectivity index (χ2n) is 8.69. The molecule has 3 N–H and O–H groups in total.